The summed E-state index contributed by atoms with van der Waals surface area (Å²) in [5.41, 5.74) is 0.856. The predicted octanol–water partition coefficient (Wildman–Crippen LogP) is 3.90. The van der Waals surface area contributed by atoms with Gasteiger partial charge in [0.25, 0.3) is 5.56 Å². The number of fused-ring (bicyclic) bond motifs is 1. The minimum Gasteiger partial charge on any atom is -0.457 e. The first-order valence-corrected chi connectivity index (χ1v) is 10.5. The Morgan fingerprint density at radius 3 is 2.59 bits per heavy atom. The topological polar surface area (TPSA) is 90.3 Å². The molecular weight excluding hydrogens is 433 g/mol. The van der Waals surface area contributed by atoms with Gasteiger partial charge in [0.15, 0.2) is 0 Å². The number of amides is 1. The van der Waals surface area contributed by atoms with Crippen molar-refractivity contribution in [1.82, 2.24) is 9.55 Å². The van der Waals surface area contributed by atoms with E-state index in [4.69, 9.17) is 4.74 Å². The van der Waals surface area contributed by atoms with Crippen LogP contribution in [0.4, 0.5) is 10.1 Å². The number of halogens is 1. The van der Waals surface area contributed by atoms with Crippen LogP contribution in [0.25, 0.3) is 10.2 Å². The molecule has 4 aromatic rings. The van der Waals surface area contributed by atoms with E-state index in [0.717, 1.165) is 21.5 Å². The Bertz CT molecular complexity index is 1360. The highest BCUT2D eigenvalue weighted by Gasteiger charge is 2.21. The highest BCUT2D eigenvalue weighted by molar-refractivity contribution is 7.20. The molecule has 0 bridgehead atoms. The molecule has 4 rings (SSSR count). The van der Waals surface area contributed by atoms with Gasteiger partial charge in [0.1, 0.15) is 28.7 Å². The molecular formula is C23H18FN3O4S. The smallest absolute Gasteiger partial charge is 0.349 e. The van der Waals surface area contributed by atoms with Crippen molar-refractivity contribution in [2.24, 2.45) is 0 Å². The standard InChI is InChI=1S/C23H18FN3O4S/c1-14-19-21(32-20(14)23(30)31-12-15-7-3-2-4-8-15)25-13-27(22(19)29)11-18(28)26-17-10-6-5-9-16(17)24/h2-10,13H,11-12H2,1H3,(H,26,28). The number of anilines is 1. The fourth-order valence-corrected chi connectivity index (χ4v) is 4.20. The molecule has 0 unspecified atom stereocenters. The maximum absolute atomic E-state index is 13.7. The van der Waals surface area contributed by atoms with Gasteiger partial charge in [-0.1, -0.05) is 42.5 Å². The van der Waals surface area contributed by atoms with Crippen molar-refractivity contribution in [3.8, 4) is 0 Å². The van der Waals surface area contributed by atoms with Gasteiger partial charge in [0.05, 0.1) is 17.4 Å². The summed E-state index contributed by atoms with van der Waals surface area (Å²) in [7, 11) is 0. The number of hydrogen-bond donors (Lipinski definition) is 1. The molecule has 162 valence electrons. The zero-order chi connectivity index (χ0) is 22.7. The number of ether oxygens (including phenoxy) is 1. The first kappa shape index (κ1) is 21.4. The van der Waals surface area contributed by atoms with E-state index in [1.165, 1.54) is 24.5 Å². The van der Waals surface area contributed by atoms with Gasteiger partial charge in [0.2, 0.25) is 5.91 Å². The highest BCUT2D eigenvalue weighted by Crippen LogP contribution is 2.27. The molecule has 2 aromatic heterocycles. The van der Waals surface area contributed by atoms with Crippen LogP contribution in [0.3, 0.4) is 0 Å². The van der Waals surface area contributed by atoms with Crippen molar-refractivity contribution in [3.05, 3.63) is 93.1 Å². The van der Waals surface area contributed by atoms with E-state index in [-0.39, 0.29) is 29.1 Å². The lowest BCUT2D eigenvalue weighted by molar-refractivity contribution is -0.116. The Kier molecular flexibility index (Phi) is 6.09. The molecule has 9 heteroatoms. The third kappa shape index (κ3) is 4.42. The molecule has 0 radical (unpaired) electrons. The molecule has 7 nitrogen and oxygen atoms in total. The molecule has 1 N–H and O–H groups in total. The summed E-state index contributed by atoms with van der Waals surface area (Å²) in [4.78, 5) is 42.7. The highest BCUT2D eigenvalue weighted by atomic mass is 32.1. The number of thiophene rings is 1. The molecule has 0 aliphatic heterocycles. The van der Waals surface area contributed by atoms with Crippen molar-refractivity contribution in [2.45, 2.75) is 20.1 Å². The third-order valence-corrected chi connectivity index (χ3v) is 5.96. The number of carbonyl (C=O) groups excluding carboxylic acids is 2. The summed E-state index contributed by atoms with van der Waals surface area (Å²) >= 11 is 1.06. The Balaban J connectivity index is 1.54. The summed E-state index contributed by atoms with van der Waals surface area (Å²) in [5, 5.41) is 2.68. The average molecular weight is 451 g/mol. The van der Waals surface area contributed by atoms with E-state index in [2.05, 4.69) is 10.3 Å². The SMILES string of the molecule is Cc1c(C(=O)OCc2ccccc2)sc2ncn(CC(=O)Nc3ccccc3F)c(=O)c12. The van der Waals surface area contributed by atoms with E-state index in [1.807, 2.05) is 30.3 Å². The minimum absolute atomic E-state index is 0.0229. The molecule has 2 heterocycles. The summed E-state index contributed by atoms with van der Waals surface area (Å²) in [6.45, 7) is 1.41. The minimum atomic E-state index is -0.575. The number of aryl methyl sites for hydroxylation is 1. The first-order chi connectivity index (χ1) is 15.4. The molecule has 0 aliphatic rings. The second-order valence-corrected chi connectivity index (χ2v) is 8.00. The lowest BCUT2D eigenvalue weighted by atomic mass is 10.2. The fourth-order valence-electron chi connectivity index (χ4n) is 3.16. The Morgan fingerprint density at radius 2 is 1.84 bits per heavy atom. The zero-order valence-electron chi connectivity index (χ0n) is 17.0. The average Bonchev–Trinajstić information content (AvgIpc) is 3.13. The number of hydrogen-bond acceptors (Lipinski definition) is 6. The van der Waals surface area contributed by atoms with Crippen LogP contribution in [0.1, 0.15) is 20.8 Å². The summed E-state index contributed by atoms with van der Waals surface area (Å²) in [6.07, 6.45) is 1.24. The molecule has 0 fully saturated rings. The largest absolute Gasteiger partial charge is 0.457 e. The van der Waals surface area contributed by atoms with Gasteiger partial charge in [0, 0.05) is 0 Å². The van der Waals surface area contributed by atoms with Gasteiger partial charge in [-0.3, -0.25) is 14.2 Å². The van der Waals surface area contributed by atoms with Crippen molar-refractivity contribution >= 4 is 39.1 Å². The van der Waals surface area contributed by atoms with Crippen LogP contribution in [0, 0.1) is 12.7 Å². The number of rotatable bonds is 6. The molecule has 0 atom stereocenters. The summed E-state index contributed by atoms with van der Waals surface area (Å²) in [5.74, 6) is -1.69. The predicted molar refractivity (Wildman–Crippen MR) is 119 cm³/mol. The Morgan fingerprint density at radius 1 is 1.12 bits per heavy atom. The lowest BCUT2D eigenvalue weighted by Crippen LogP contribution is -2.28. The van der Waals surface area contributed by atoms with Crippen molar-refractivity contribution in [3.63, 3.8) is 0 Å². The van der Waals surface area contributed by atoms with Crippen LogP contribution < -0.4 is 10.9 Å². The van der Waals surface area contributed by atoms with Crippen LogP contribution >= 0.6 is 11.3 Å². The summed E-state index contributed by atoms with van der Waals surface area (Å²) < 4.78 is 20.2. The Hall–Kier alpha value is -3.85. The van der Waals surface area contributed by atoms with Crippen LogP contribution in [0.5, 0.6) is 0 Å². The van der Waals surface area contributed by atoms with E-state index in [1.54, 1.807) is 13.0 Å². The van der Waals surface area contributed by atoms with Crippen molar-refractivity contribution < 1.29 is 18.7 Å². The van der Waals surface area contributed by atoms with Gasteiger partial charge in [-0.25, -0.2) is 14.2 Å². The van der Waals surface area contributed by atoms with E-state index in [0.29, 0.717) is 10.4 Å². The van der Waals surface area contributed by atoms with Gasteiger partial charge in [-0.2, -0.15) is 0 Å². The van der Waals surface area contributed by atoms with Crippen molar-refractivity contribution in [1.29, 1.82) is 0 Å². The summed E-state index contributed by atoms with van der Waals surface area (Å²) in [6, 6.07) is 15.0. The maximum Gasteiger partial charge on any atom is 0.349 e. The van der Waals surface area contributed by atoms with E-state index < -0.39 is 23.3 Å². The van der Waals surface area contributed by atoms with Crippen LogP contribution in [0.15, 0.2) is 65.7 Å². The lowest BCUT2D eigenvalue weighted by Gasteiger charge is -2.08. The van der Waals surface area contributed by atoms with E-state index in [9.17, 15) is 18.8 Å². The monoisotopic (exact) mass is 451 g/mol. The number of carbonyl (C=O) groups is 2. The molecule has 0 aliphatic carbocycles. The first-order valence-electron chi connectivity index (χ1n) is 9.68. The third-order valence-electron chi connectivity index (χ3n) is 4.78. The number of nitrogens with one attached hydrogen (secondary N) is 1. The molecule has 1 amide bonds. The van der Waals surface area contributed by atoms with Gasteiger partial charge in [-0.15, -0.1) is 11.3 Å². The van der Waals surface area contributed by atoms with Crippen molar-refractivity contribution in [2.75, 3.05) is 5.32 Å². The quantitative estimate of drug-likeness (QED) is 0.449. The number of esters is 1. The fraction of sp³-hybridized carbons (Fsp3) is 0.130. The van der Waals surface area contributed by atoms with Crippen LogP contribution in [-0.2, 0) is 22.7 Å². The molecule has 0 saturated carbocycles. The maximum atomic E-state index is 13.7. The normalized spacial score (nSPS) is 10.8. The number of benzene rings is 2. The second-order valence-electron chi connectivity index (χ2n) is 7.00. The van der Waals surface area contributed by atoms with Crippen LogP contribution in [-0.4, -0.2) is 21.4 Å². The zero-order valence-corrected chi connectivity index (χ0v) is 17.8. The van der Waals surface area contributed by atoms with Gasteiger partial charge in [-0.05, 0) is 30.2 Å². The van der Waals surface area contributed by atoms with Gasteiger partial charge >= 0.3 is 5.97 Å². The van der Waals surface area contributed by atoms with Gasteiger partial charge < -0.3 is 10.1 Å². The molecule has 0 spiro atoms. The molecule has 32 heavy (non-hydrogen) atoms. The molecule has 0 saturated heterocycles. The number of aromatic nitrogens is 2. The second kappa shape index (κ2) is 9.11. The van der Waals surface area contributed by atoms with E-state index >= 15 is 0 Å². The number of nitrogens with zero attached hydrogens (tertiary/aromatic N) is 2. The number of para-hydroxylation sites is 1. The van der Waals surface area contributed by atoms with Crippen LogP contribution in [0.2, 0.25) is 0 Å². The molecule has 2 aromatic carbocycles. The Labute approximate surface area is 186 Å².